The van der Waals surface area contributed by atoms with Crippen molar-refractivity contribution in [2.45, 2.75) is 83.5 Å². The van der Waals surface area contributed by atoms with Gasteiger partial charge in [-0.25, -0.2) is 8.42 Å². The van der Waals surface area contributed by atoms with Crippen LogP contribution in [0, 0.1) is 20.8 Å². The summed E-state index contributed by atoms with van der Waals surface area (Å²) >= 11 is 0. The van der Waals surface area contributed by atoms with Gasteiger partial charge in [0.1, 0.15) is 11.4 Å². The van der Waals surface area contributed by atoms with E-state index in [1.807, 2.05) is 20.8 Å². The molecule has 1 aliphatic heterocycles. The number of hydrogen-bond donors (Lipinski definition) is 0. The molecule has 0 atom stereocenters. The van der Waals surface area contributed by atoms with Gasteiger partial charge in [-0.3, -0.25) is 0 Å². The van der Waals surface area contributed by atoms with Crippen LogP contribution in [-0.2, 0) is 16.3 Å². The van der Waals surface area contributed by atoms with Gasteiger partial charge in [0.25, 0.3) is 0 Å². The molecule has 0 amide bonds. The summed E-state index contributed by atoms with van der Waals surface area (Å²) in [5, 5.41) is 0. The Labute approximate surface area is 135 Å². The summed E-state index contributed by atoms with van der Waals surface area (Å²) in [7, 11) is -3.38. The molecule has 1 aromatic carbocycles. The van der Waals surface area contributed by atoms with Crippen molar-refractivity contribution in [1.29, 1.82) is 0 Å². The van der Waals surface area contributed by atoms with Crippen LogP contribution in [0.15, 0.2) is 4.90 Å². The van der Waals surface area contributed by atoms with Gasteiger partial charge >= 0.3 is 0 Å². The molecule has 22 heavy (non-hydrogen) atoms. The number of rotatable bonds is 1. The van der Waals surface area contributed by atoms with E-state index in [0.29, 0.717) is 4.90 Å². The molecule has 0 bridgehead atoms. The Hall–Kier alpha value is -1.03. The van der Waals surface area contributed by atoms with Crippen LogP contribution in [0.1, 0.15) is 63.3 Å². The fourth-order valence-electron chi connectivity index (χ4n) is 3.06. The van der Waals surface area contributed by atoms with Gasteiger partial charge in [-0.05, 0) is 90.5 Å². The van der Waals surface area contributed by atoms with Gasteiger partial charge in [0.05, 0.1) is 9.64 Å². The van der Waals surface area contributed by atoms with E-state index in [2.05, 4.69) is 13.8 Å². The molecule has 0 N–H and O–H groups in total. The maximum Gasteiger partial charge on any atom is 0.183 e. The minimum absolute atomic E-state index is 0.193. The van der Waals surface area contributed by atoms with Crippen LogP contribution in [0.2, 0.25) is 0 Å². The van der Waals surface area contributed by atoms with Crippen molar-refractivity contribution >= 4 is 9.84 Å². The lowest BCUT2D eigenvalue weighted by Crippen LogP contribution is -2.35. The molecule has 0 saturated carbocycles. The summed E-state index contributed by atoms with van der Waals surface area (Å²) in [5.74, 6) is 0.888. The average molecular weight is 324 g/mol. The second-order valence-corrected chi connectivity index (χ2v) is 10.6. The summed E-state index contributed by atoms with van der Waals surface area (Å²) in [6.07, 6.45) is 1.76. The third kappa shape index (κ3) is 2.55. The second-order valence-electron chi connectivity index (χ2n) is 7.99. The second kappa shape index (κ2) is 4.98. The molecule has 1 aromatic rings. The summed E-state index contributed by atoms with van der Waals surface area (Å²) < 4.78 is 31.4. The Bertz CT molecular complexity index is 720. The first-order valence-electron chi connectivity index (χ1n) is 7.86. The number of fused-ring (bicyclic) bond motifs is 1. The number of hydrogen-bond acceptors (Lipinski definition) is 3. The van der Waals surface area contributed by atoms with Crippen molar-refractivity contribution in [1.82, 2.24) is 0 Å². The maximum absolute atomic E-state index is 13.0. The molecule has 1 aliphatic rings. The number of ether oxygens (including phenoxy) is 1. The van der Waals surface area contributed by atoms with Gasteiger partial charge < -0.3 is 4.74 Å². The highest BCUT2D eigenvalue weighted by atomic mass is 32.2. The van der Waals surface area contributed by atoms with Crippen LogP contribution in [-0.4, -0.2) is 18.8 Å². The van der Waals surface area contributed by atoms with E-state index in [-0.39, 0.29) is 5.60 Å². The van der Waals surface area contributed by atoms with E-state index in [4.69, 9.17) is 4.74 Å². The Balaban J connectivity index is 2.80. The normalized spacial score (nSPS) is 17.8. The van der Waals surface area contributed by atoms with Crippen molar-refractivity contribution in [3.8, 4) is 5.75 Å². The van der Waals surface area contributed by atoms with E-state index in [0.717, 1.165) is 40.8 Å². The van der Waals surface area contributed by atoms with E-state index >= 15 is 0 Å². The van der Waals surface area contributed by atoms with Crippen molar-refractivity contribution in [2.24, 2.45) is 0 Å². The van der Waals surface area contributed by atoms with Crippen molar-refractivity contribution in [3.05, 3.63) is 22.3 Å². The monoisotopic (exact) mass is 324 g/mol. The van der Waals surface area contributed by atoms with Gasteiger partial charge in [-0.15, -0.1) is 0 Å². The van der Waals surface area contributed by atoms with E-state index in [1.165, 1.54) is 0 Å². The first-order valence-corrected chi connectivity index (χ1v) is 9.34. The SMILES string of the molecule is Cc1c(C)c(S(=O)(=O)C(C)(C)C)c(C)c2c1OC(C)(C)CC2. The Morgan fingerprint density at radius 3 is 2.05 bits per heavy atom. The van der Waals surface area contributed by atoms with Gasteiger partial charge in [0.2, 0.25) is 0 Å². The highest BCUT2D eigenvalue weighted by Gasteiger charge is 2.38. The number of sulfone groups is 1. The molecule has 2 rings (SSSR count). The smallest absolute Gasteiger partial charge is 0.183 e. The van der Waals surface area contributed by atoms with Gasteiger partial charge in [-0.1, -0.05) is 0 Å². The highest BCUT2D eigenvalue weighted by molar-refractivity contribution is 7.92. The Morgan fingerprint density at radius 1 is 1.00 bits per heavy atom. The van der Waals surface area contributed by atoms with Crippen molar-refractivity contribution in [3.63, 3.8) is 0 Å². The van der Waals surface area contributed by atoms with Crippen LogP contribution in [0.3, 0.4) is 0 Å². The summed E-state index contributed by atoms with van der Waals surface area (Å²) in [5.41, 5.74) is 3.51. The zero-order valence-electron chi connectivity index (χ0n) is 15.0. The summed E-state index contributed by atoms with van der Waals surface area (Å²) in [4.78, 5) is 0.500. The zero-order chi connectivity index (χ0) is 17.1. The standard InChI is InChI=1S/C18H28O3S/c1-11-12(2)16(22(19,20)17(4,5)6)13(3)14-9-10-18(7,8)21-15(11)14/h9-10H2,1-8H3. The molecule has 0 unspecified atom stereocenters. The summed E-state index contributed by atoms with van der Waals surface area (Å²) in [6.45, 7) is 15.2. The van der Waals surface area contributed by atoms with Crippen molar-refractivity contribution < 1.29 is 13.2 Å². The fraction of sp³-hybridized carbons (Fsp3) is 0.667. The Morgan fingerprint density at radius 2 is 1.55 bits per heavy atom. The first kappa shape index (κ1) is 17.3. The van der Waals surface area contributed by atoms with Crippen LogP contribution in [0.25, 0.3) is 0 Å². The predicted octanol–water partition coefficient (Wildman–Crippen LogP) is 4.29. The van der Waals surface area contributed by atoms with Crippen LogP contribution in [0.4, 0.5) is 0 Å². The lowest BCUT2D eigenvalue weighted by atomic mass is 9.88. The molecule has 0 radical (unpaired) electrons. The molecular weight excluding hydrogens is 296 g/mol. The van der Waals surface area contributed by atoms with Crippen LogP contribution in [0.5, 0.6) is 5.75 Å². The molecule has 0 saturated heterocycles. The summed E-state index contributed by atoms with van der Waals surface area (Å²) in [6, 6.07) is 0. The molecule has 0 aromatic heterocycles. The van der Waals surface area contributed by atoms with Gasteiger partial charge in [-0.2, -0.15) is 0 Å². The quantitative estimate of drug-likeness (QED) is 0.774. The van der Waals surface area contributed by atoms with E-state index in [9.17, 15) is 8.42 Å². The third-order valence-corrected chi connectivity index (χ3v) is 7.50. The van der Waals surface area contributed by atoms with Crippen LogP contribution >= 0.6 is 0 Å². The Kier molecular flexibility index (Phi) is 3.93. The fourth-order valence-corrected chi connectivity index (χ4v) is 4.75. The topological polar surface area (TPSA) is 43.4 Å². The molecular formula is C18H28O3S. The van der Waals surface area contributed by atoms with Crippen LogP contribution < -0.4 is 4.74 Å². The predicted molar refractivity (Wildman–Crippen MR) is 90.6 cm³/mol. The van der Waals surface area contributed by atoms with Gasteiger partial charge in [0.15, 0.2) is 9.84 Å². The molecule has 4 heteroatoms. The largest absolute Gasteiger partial charge is 0.487 e. The van der Waals surface area contributed by atoms with Gasteiger partial charge in [0, 0.05) is 0 Å². The molecule has 124 valence electrons. The molecule has 0 fully saturated rings. The molecule has 0 spiro atoms. The van der Waals surface area contributed by atoms with E-state index in [1.54, 1.807) is 20.8 Å². The minimum Gasteiger partial charge on any atom is -0.487 e. The lowest BCUT2D eigenvalue weighted by molar-refractivity contribution is 0.0832. The zero-order valence-corrected chi connectivity index (χ0v) is 15.9. The van der Waals surface area contributed by atoms with Crippen molar-refractivity contribution in [2.75, 3.05) is 0 Å². The molecule has 3 nitrogen and oxygen atoms in total. The highest BCUT2D eigenvalue weighted by Crippen LogP contribution is 2.43. The minimum atomic E-state index is -3.38. The average Bonchev–Trinajstić information content (AvgIpc) is 2.33. The first-order chi connectivity index (χ1) is 9.79. The van der Waals surface area contributed by atoms with E-state index < -0.39 is 14.6 Å². The third-order valence-electron chi connectivity index (χ3n) is 4.74. The molecule has 0 aliphatic carbocycles. The lowest BCUT2D eigenvalue weighted by Gasteiger charge is -2.36. The number of benzene rings is 1. The maximum atomic E-state index is 13.0. The molecule has 1 heterocycles.